The van der Waals surface area contributed by atoms with Gasteiger partial charge in [0.25, 0.3) is 0 Å². The van der Waals surface area contributed by atoms with Gasteiger partial charge in [0.1, 0.15) is 0 Å². The average Bonchev–Trinajstić information content (AvgIpc) is 2.69. The topological polar surface area (TPSA) is 69.7 Å². The third-order valence-corrected chi connectivity index (χ3v) is 5.28. The lowest BCUT2D eigenvalue weighted by molar-refractivity contribution is -0.143. The van der Waals surface area contributed by atoms with Crippen molar-refractivity contribution in [2.24, 2.45) is 5.92 Å². The summed E-state index contributed by atoms with van der Waals surface area (Å²) in [6.45, 7) is 2.58. The van der Waals surface area contributed by atoms with Crippen LogP contribution in [0.1, 0.15) is 37.7 Å². The Morgan fingerprint density at radius 3 is 2.46 bits per heavy atom. The maximum atomic E-state index is 12.4. The molecule has 0 unspecified atom stereocenters. The van der Waals surface area contributed by atoms with Crippen molar-refractivity contribution in [1.82, 2.24) is 15.1 Å². The largest absolute Gasteiger partial charge is 0.352 e. The van der Waals surface area contributed by atoms with Crippen LogP contribution in [0.3, 0.4) is 0 Å². The number of likely N-dealkylation sites (tertiary alicyclic amines) is 2. The van der Waals surface area contributed by atoms with E-state index in [4.69, 9.17) is 0 Å². The molecule has 2 aliphatic rings. The van der Waals surface area contributed by atoms with Gasteiger partial charge in [-0.3, -0.25) is 14.4 Å². The van der Waals surface area contributed by atoms with Crippen LogP contribution in [0.2, 0.25) is 0 Å². The van der Waals surface area contributed by atoms with Crippen LogP contribution >= 0.6 is 0 Å². The van der Waals surface area contributed by atoms with Gasteiger partial charge >= 0.3 is 0 Å². The molecule has 0 saturated carbocycles. The fourth-order valence-electron chi connectivity index (χ4n) is 3.61. The normalized spacial score (nSPS) is 18.7. The average molecular weight is 357 g/mol. The van der Waals surface area contributed by atoms with E-state index in [0.29, 0.717) is 45.4 Å². The van der Waals surface area contributed by atoms with Gasteiger partial charge in [-0.25, -0.2) is 0 Å². The molecule has 1 aromatic rings. The van der Waals surface area contributed by atoms with E-state index in [-0.39, 0.29) is 30.2 Å². The van der Waals surface area contributed by atoms with Crippen molar-refractivity contribution in [2.45, 2.75) is 38.6 Å². The first-order valence-electron chi connectivity index (χ1n) is 9.50. The molecule has 0 bridgehead atoms. The zero-order chi connectivity index (χ0) is 18.4. The van der Waals surface area contributed by atoms with Gasteiger partial charge in [-0.2, -0.15) is 0 Å². The highest BCUT2D eigenvalue weighted by atomic mass is 16.2. The van der Waals surface area contributed by atoms with Crippen LogP contribution in [-0.4, -0.2) is 53.7 Å². The standard InChI is InChI=1S/C20H27N3O3/c24-18-8-4-5-11-23(18)15-19(25)22-12-9-17(10-13-22)20(26)21-14-16-6-2-1-3-7-16/h1-3,6-7,17H,4-5,8-15H2,(H,21,26). The van der Waals surface area contributed by atoms with Crippen molar-refractivity contribution in [3.8, 4) is 0 Å². The SMILES string of the molecule is O=C(NCc1ccccc1)C1CCN(C(=O)CN2CCCCC2=O)CC1. The summed E-state index contributed by atoms with van der Waals surface area (Å²) in [5.41, 5.74) is 1.08. The molecule has 3 amide bonds. The highest BCUT2D eigenvalue weighted by Gasteiger charge is 2.29. The number of hydrogen-bond donors (Lipinski definition) is 1. The number of amides is 3. The van der Waals surface area contributed by atoms with E-state index >= 15 is 0 Å². The maximum absolute atomic E-state index is 12.4. The second-order valence-corrected chi connectivity index (χ2v) is 7.13. The van der Waals surface area contributed by atoms with Crippen molar-refractivity contribution < 1.29 is 14.4 Å². The number of nitrogens with one attached hydrogen (secondary N) is 1. The number of nitrogens with zero attached hydrogens (tertiary/aromatic N) is 2. The van der Waals surface area contributed by atoms with Crippen LogP contribution in [0.4, 0.5) is 0 Å². The van der Waals surface area contributed by atoms with E-state index < -0.39 is 0 Å². The molecular formula is C20H27N3O3. The minimum atomic E-state index is -0.0422. The Bertz CT molecular complexity index is 639. The van der Waals surface area contributed by atoms with Crippen LogP contribution in [-0.2, 0) is 20.9 Å². The summed E-state index contributed by atoms with van der Waals surface area (Å²) in [5.74, 6) is 0.106. The van der Waals surface area contributed by atoms with E-state index in [1.165, 1.54) is 0 Å². The lowest BCUT2D eigenvalue weighted by Crippen LogP contribution is -2.48. The molecular weight excluding hydrogens is 330 g/mol. The Kier molecular flexibility index (Phi) is 6.26. The molecule has 2 heterocycles. The summed E-state index contributed by atoms with van der Waals surface area (Å²) in [6.07, 6.45) is 3.81. The van der Waals surface area contributed by atoms with Gasteiger partial charge in [0.05, 0.1) is 6.54 Å². The summed E-state index contributed by atoms with van der Waals surface area (Å²) < 4.78 is 0. The predicted molar refractivity (Wildman–Crippen MR) is 98.0 cm³/mol. The quantitative estimate of drug-likeness (QED) is 0.869. The van der Waals surface area contributed by atoms with Crippen LogP contribution in [0, 0.1) is 5.92 Å². The van der Waals surface area contributed by atoms with Crippen LogP contribution in [0.25, 0.3) is 0 Å². The lowest BCUT2D eigenvalue weighted by Gasteiger charge is -2.34. The van der Waals surface area contributed by atoms with Crippen molar-refractivity contribution in [3.05, 3.63) is 35.9 Å². The molecule has 0 radical (unpaired) electrons. The first kappa shape index (κ1) is 18.4. The number of benzene rings is 1. The Morgan fingerprint density at radius 1 is 1.04 bits per heavy atom. The van der Waals surface area contributed by atoms with Gasteiger partial charge in [-0.05, 0) is 31.2 Å². The summed E-state index contributed by atoms with van der Waals surface area (Å²) >= 11 is 0. The van der Waals surface area contributed by atoms with Crippen molar-refractivity contribution in [2.75, 3.05) is 26.2 Å². The molecule has 1 aromatic carbocycles. The lowest BCUT2D eigenvalue weighted by atomic mass is 9.95. The summed E-state index contributed by atoms with van der Waals surface area (Å²) in [5, 5.41) is 2.99. The Hall–Kier alpha value is -2.37. The summed E-state index contributed by atoms with van der Waals surface area (Å²) in [7, 11) is 0. The van der Waals surface area contributed by atoms with Gasteiger partial charge < -0.3 is 15.1 Å². The van der Waals surface area contributed by atoms with Crippen LogP contribution < -0.4 is 5.32 Å². The molecule has 26 heavy (non-hydrogen) atoms. The highest BCUT2D eigenvalue weighted by Crippen LogP contribution is 2.18. The predicted octanol–water partition coefficient (Wildman–Crippen LogP) is 1.55. The van der Waals surface area contributed by atoms with E-state index in [0.717, 1.165) is 18.4 Å². The molecule has 3 rings (SSSR count). The zero-order valence-electron chi connectivity index (χ0n) is 15.2. The molecule has 2 saturated heterocycles. The van der Waals surface area contributed by atoms with Crippen LogP contribution in [0.15, 0.2) is 30.3 Å². The molecule has 140 valence electrons. The molecule has 1 N–H and O–H groups in total. The number of carbonyl (C=O) groups is 3. The minimum Gasteiger partial charge on any atom is -0.352 e. The smallest absolute Gasteiger partial charge is 0.242 e. The van der Waals surface area contributed by atoms with Gasteiger partial charge in [0.2, 0.25) is 17.7 Å². The fourth-order valence-corrected chi connectivity index (χ4v) is 3.61. The van der Waals surface area contributed by atoms with Crippen molar-refractivity contribution in [3.63, 3.8) is 0 Å². The van der Waals surface area contributed by atoms with Crippen molar-refractivity contribution >= 4 is 17.7 Å². The third-order valence-electron chi connectivity index (χ3n) is 5.28. The first-order valence-corrected chi connectivity index (χ1v) is 9.50. The molecule has 2 fully saturated rings. The maximum Gasteiger partial charge on any atom is 0.242 e. The summed E-state index contributed by atoms with van der Waals surface area (Å²) in [4.78, 5) is 40.1. The Morgan fingerprint density at radius 2 is 1.77 bits per heavy atom. The van der Waals surface area contributed by atoms with E-state index in [9.17, 15) is 14.4 Å². The third kappa shape index (κ3) is 4.84. The number of hydrogen-bond acceptors (Lipinski definition) is 3. The number of rotatable bonds is 5. The Labute approximate surface area is 154 Å². The minimum absolute atomic E-state index is 0.00314. The van der Waals surface area contributed by atoms with E-state index in [1.54, 1.807) is 9.80 Å². The number of carbonyl (C=O) groups excluding carboxylic acids is 3. The molecule has 6 nitrogen and oxygen atoms in total. The highest BCUT2D eigenvalue weighted by molar-refractivity contribution is 5.85. The van der Waals surface area contributed by atoms with Crippen LogP contribution in [0.5, 0.6) is 0 Å². The molecule has 0 aromatic heterocycles. The molecule has 0 spiro atoms. The Balaban J connectivity index is 1.41. The molecule has 2 aliphatic heterocycles. The monoisotopic (exact) mass is 357 g/mol. The molecule has 6 heteroatoms. The van der Waals surface area contributed by atoms with E-state index in [1.807, 2.05) is 30.3 Å². The molecule has 0 atom stereocenters. The summed E-state index contributed by atoms with van der Waals surface area (Å²) in [6, 6.07) is 9.85. The van der Waals surface area contributed by atoms with E-state index in [2.05, 4.69) is 5.32 Å². The van der Waals surface area contributed by atoms with Crippen molar-refractivity contribution in [1.29, 1.82) is 0 Å². The second kappa shape index (κ2) is 8.83. The van der Waals surface area contributed by atoms with Gasteiger partial charge in [-0.15, -0.1) is 0 Å². The van der Waals surface area contributed by atoms with Gasteiger partial charge in [-0.1, -0.05) is 30.3 Å². The fraction of sp³-hybridized carbons (Fsp3) is 0.550. The van der Waals surface area contributed by atoms with Gasteiger partial charge in [0.15, 0.2) is 0 Å². The zero-order valence-corrected chi connectivity index (χ0v) is 15.2. The number of piperidine rings is 2. The molecule has 0 aliphatic carbocycles. The second-order valence-electron chi connectivity index (χ2n) is 7.13. The first-order chi connectivity index (χ1) is 12.6. The van der Waals surface area contributed by atoms with Gasteiger partial charge in [0, 0.05) is 38.5 Å².